The van der Waals surface area contributed by atoms with E-state index >= 15 is 0 Å². The number of nitrogens with one attached hydrogen (secondary N) is 1. The van der Waals surface area contributed by atoms with Crippen molar-refractivity contribution in [1.29, 1.82) is 0 Å². The zero-order valence-electron chi connectivity index (χ0n) is 11.9. The first-order chi connectivity index (χ1) is 10.2. The van der Waals surface area contributed by atoms with Gasteiger partial charge in [0.15, 0.2) is 0 Å². The van der Waals surface area contributed by atoms with E-state index in [2.05, 4.69) is 5.32 Å². The maximum absolute atomic E-state index is 13.9. The summed E-state index contributed by atoms with van der Waals surface area (Å²) >= 11 is 1.56. The minimum absolute atomic E-state index is 0.118. The summed E-state index contributed by atoms with van der Waals surface area (Å²) in [4.78, 5) is 0.966. The fourth-order valence-electron chi connectivity index (χ4n) is 2.96. The third-order valence-corrected chi connectivity index (χ3v) is 5.00. The third-order valence-electron chi connectivity index (χ3n) is 4.09. The molecule has 0 radical (unpaired) electrons. The van der Waals surface area contributed by atoms with Gasteiger partial charge in [0.1, 0.15) is 5.82 Å². The molecule has 1 aromatic carbocycles. The Morgan fingerprint density at radius 2 is 2.19 bits per heavy atom. The van der Waals surface area contributed by atoms with E-state index in [0.717, 1.165) is 42.8 Å². The van der Waals surface area contributed by atoms with Crippen molar-refractivity contribution in [1.82, 2.24) is 5.32 Å². The van der Waals surface area contributed by atoms with Gasteiger partial charge in [-0.15, -0.1) is 11.3 Å². The van der Waals surface area contributed by atoms with Gasteiger partial charge in [-0.1, -0.05) is 12.1 Å². The quantitative estimate of drug-likeness (QED) is 0.880. The molecule has 0 bridgehead atoms. The number of halogens is 1. The first-order valence-corrected chi connectivity index (χ1v) is 8.31. The minimum Gasteiger partial charge on any atom is -0.393 e. The van der Waals surface area contributed by atoms with Crippen molar-refractivity contribution in [3.8, 4) is 10.4 Å². The van der Waals surface area contributed by atoms with E-state index in [0.29, 0.717) is 11.5 Å². The molecule has 1 heterocycles. The van der Waals surface area contributed by atoms with Gasteiger partial charge in [-0.3, -0.25) is 0 Å². The zero-order valence-corrected chi connectivity index (χ0v) is 12.7. The molecule has 1 saturated carbocycles. The van der Waals surface area contributed by atoms with E-state index in [-0.39, 0.29) is 11.9 Å². The van der Waals surface area contributed by atoms with Crippen LogP contribution in [0.1, 0.15) is 24.8 Å². The average Bonchev–Trinajstić information content (AvgIpc) is 3.12. The van der Waals surface area contributed by atoms with Crippen molar-refractivity contribution in [3.05, 3.63) is 47.1 Å². The van der Waals surface area contributed by atoms with Crippen LogP contribution in [0.2, 0.25) is 0 Å². The number of aliphatic hydroxyl groups excluding tert-OH is 1. The highest BCUT2D eigenvalue weighted by molar-refractivity contribution is 7.13. The predicted molar refractivity (Wildman–Crippen MR) is 84.8 cm³/mol. The van der Waals surface area contributed by atoms with Crippen molar-refractivity contribution in [3.63, 3.8) is 0 Å². The van der Waals surface area contributed by atoms with Gasteiger partial charge in [-0.25, -0.2) is 4.39 Å². The second-order valence-corrected chi connectivity index (χ2v) is 6.70. The Morgan fingerprint density at radius 1 is 1.29 bits per heavy atom. The van der Waals surface area contributed by atoms with Crippen molar-refractivity contribution < 1.29 is 9.50 Å². The Bertz CT molecular complexity index is 584. The van der Waals surface area contributed by atoms with Gasteiger partial charge in [0.05, 0.1) is 6.10 Å². The molecule has 2 N–H and O–H groups in total. The van der Waals surface area contributed by atoms with Gasteiger partial charge in [-0.05, 0) is 60.9 Å². The van der Waals surface area contributed by atoms with Crippen molar-refractivity contribution in [2.75, 3.05) is 6.54 Å². The van der Waals surface area contributed by atoms with Crippen molar-refractivity contribution in [2.45, 2.75) is 31.9 Å². The van der Waals surface area contributed by atoms with Crippen LogP contribution in [-0.4, -0.2) is 17.8 Å². The molecular formula is C17H20FNOS. The van der Waals surface area contributed by atoms with E-state index < -0.39 is 0 Å². The number of thiophene rings is 1. The topological polar surface area (TPSA) is 32.3 Å². The lowest BCUT2D eigenvalue weighted by Gasteiger charge is -2.11. The maximum atomic E-state index is 13.9. The summed E-state index contributed by atoms with van der Waals surface area (Å²) in [5, 5.41) is 14.9. The second kappa shape index (κ2) is 6.69. The van der Waals surface area contributed by atoms with Crippen LogP contribution in [0, 0.1) is 11.7 Å². The number of rotatable bonds is 5. The number of hydrogen-bond donors (Lipinski definition) is 2. The third kappa shape index (κ3) is 3.70. The van der Waals surface area contributed by atoms with Gasteiger partial charge in [-0.2, -0.15) is 0 Å². The van der Waals surface area contributed by atoms with Crippen LogP contribution in [0.5, 0.6) is 0 Å². The molecule has 3 rings (SSSR count). The second-order valence-electron chi connectivity index (χ2n) is 5.76. The fraction of sp³-hybridized carbons (Fsp3) is 0.412. The Kier molecular flexibility index (Phi) is 4.68. The SMILES string of the molecule is OC1CCC(CNCc2ccc(F)c(-c3cccs3)c2)C1. The standard InChI is InChI=1S/C17H20FNOS/c18-16-6-4-13(9-15(16)17-2-1-7-21-17)11-19-10-12-3-5-14(20)8-12/h1-2,4,6-7,9,12,14,19-20H,3,5,8,10-11H2. The number of benzene rings is 1. The number of aliphatic hydroxyl groups is 1. The van der Waals surface area contributed by atoms with Crippen LogP contribution >= 0.6 is 11.3 Å². The van der Waals surface area contributed by atoms with Gasteiger partial charge in [0.25, 0.3) is 0 Å². The summed E-state index contributed by atoms with van der Waals surface area (Å²) in [7, 11) is 0. The molecule has 0 saturated heterocycles. The van der Waals surface area contributed by atoms with Gasteiger partial charge in [0.2, 0.25) is 0 Å². The first-order valence-electron chi connectivity index (χ1n) is 7.43. The first kappa shape index (κ1) is 14.7. The molecule has 2 unspecified atom stereocenters. The lowest BCUT2D eigenvalue weighted by Crippen LogP contribution is -2.21. The Balaban J connectivity index is 1.60. The summed E-state index contributed by atoms with van der Waals surface area (Å²) < 4.78 is 13.9. The zero-order chi connectivity index (χ0) is 14.7. The van der Waals surface area contributed by atoms with Crippen molar-refractivity contribution in [2.24, 2.45) is 5.92 Å². The highest BCUT2D eigenvalue weighted by Crippen LogP contribution is 2.28. The monoisotopic (exact) mass is 305 g/mol. The normalized spacial score (nSPS) is 21.8. The molecular weight excluding hydrogens is 285 g/mol. The van der Waals surface area contributed by atoms with Crippen LogP contribution in [-0.2, 0) is 6.54 Å². The molecule has 1 aliphatic rings. The van der Waals surface area contributed by atoms with Gasteiger partial charge in [0, 0.05) is 17.0 Å². The Labute approximate surface area is 128 Å². The Hall–Kier alpha value is -1.23. The molecule has 0 spiro atoms. The molecule has 21 heavy (non-hydrogen) atoms. The van der Waals surface area contributed by atoms with Crippen LogP contribution in [0.15, 0.2) is 35.7 Å². The molecule has 2 nitrogen and oxygen atoms in total. The van der Waals surface area contributed by atoms with E-state index in [4.69, 9.17) is 0 Å². The minimum atomic E-state index is -0.167. The molecule has 1 aromatic heterocycles. The van der Waals surface area contributed by atoms with Crippen LogP contribution in [0.25, 0.3) is 10.4 Å². The van der Waals surface area contributed by atoms with Crippen molar-refractivity contribution >= 4 is 11.3 Å². The lowest BCUT2D eigenvalue weighted by molar-refractivity contribution is 0.177. The lowest BCUT2D eigenvalue weighted by atomic mass is 10.1. The summed E-state index contributed by atoms with van der Waals surface area (Å²) in [6.45, 7) is 1.66. The van der Waals surface area contributed by atoms with E-state index in [9.17, 15) is 9.50 Å². The van der Waals surface area contributed by atoms with E-state index in [1.54, 1.807) is 17.4 Å². The van der Waals surface area contributed by atoms with Gasteiger partial charge < -0.3 is 10.4 Å². The summed E-state index contributed by atoms with van der Waals surface area (Å²) in [6.07, 6.45) is 2.80. The average molecular weight is 305 g/mol. The molecule has 112 valence electrons. The summed E-state index contributed by atoms with van der Waals surface area (Å²) in [5.41, 5.74) is 1.78. The van der Waals surface area contributed by atoms with Gasteiger partial charge >= 0.3 is 0 Å². The molecule has 1 fully saturated rings. The molecule has 0 amide bonds. The fourth-order valence-corrected chi connectivity index (χ4v) is 3.70. The molecule has 2 atom stereocenters. The van der Waals surface area contributed by atoms with E-state index in [1.807, 2.05) is 29.6 Å². The number of hydrogen-bond acceptors (Lipinski definition) is 3. The summed E-state index contributed by atoms with van der Waals surface area (Å²) in [6, 6.07) is 9.20. The molecule has 1 aliphatic carbocycles. The predicted octanol–water partition coefficient (Wildman–Crippen LogP) is 3.80. The van der Waals surface area contributed by atoms with E-state index in [1.165, 1.54) is 0 Å². The molecule has 4 heteroatoms. The molecule has 2 aromatic rings. The maximum Gasteiger partial charge on any atom is 0.131 e. The smallest absolute Gasteiger partial charge is 0.131 e. The summed E-state index contributed by atoms with van der Waals surface area (Å²) in [5.74, 6) is 0.400. The largest absolute Gasteiger partial charge is 0.393 e. The highest BCUT2D eigenvalue weighted by atomic mass is 32.1. The highest BCUT2D eigenvalue weighted by Gasteiger charge is 2.22. The van der Waals surface area contributed by atoms with Crippen LogP contribution in [0.3, 0.4) is 0 Å². The van der Waals surface area contributed by atoms with Crippen LogP contribution in [0.4, 0.5) is 4.39 Å². The van der Waals surface area contributed by atoms with Crippen LogP contribution < -0.4 is 5.32 Å². The Morgan fingerprint density at radius 3 is 2.90 bits per heavy atom. The molecule has 0 aliphatic heterocycles.